The van der Waals surface area contributed by atoms with Gasteiger partial charge in [-0.2, -0.15) is 0 Å². The third-order valence-corrected chi connectivity index (χ3v) is 10.1. The van der Waals surface area contributed by atoms with Gasteiger partial charge < -0.3 is 19.5 Å². The van der Waals surface area contributed by atoms with Crippen molar-refractivity contribution in [3.63, 3.8) is 0 Å². The van der Waals surface area contributed by atoms with Gasteiger partial charge in [-0.1, -0.05) is 23.2 Å². The van der Waals surface area contributed by atoms with Crippen LogP contribution in [-0.2, 0) is 25.2 Å². The summed E-state index contributed by atoms with van der Waals surface area (Å²) in [5.74, 6) is -1.25. The molecule has 0 saturated carbocycles. The largest absolute Gasteiger partial charge is 0.497 e. The molecule has 3 aromatic carbocycles. The van der Waals surface area contributed by atoms with E-state index in [0.29, 0.717) is 9.87 Å². The highest BCUT2D eigenvalue weighted by Crippen LogP contribution is 2.55. The topological polar surface area (TPSA) is 160 Å². The number of ether oxygens (including phenoxy) is 2. The number of anilines is 1. The lowest BCUT2D eigenvalue weighted by atomic mass is 9.80. The Morgan fingerprint density at radius 1 is 1.09 bits per heavy atom. The molecule has 2 aliphatic rings. The van der Waals surface area contributed by atoms with Crippen LogP contribution in [0.2, 0.25) is 5.02 Å². The molecule has 2 amide bonds. The Bertz CT molecular complexity index is 1830. The minimum Gasteiger partial charge on any atom is -0.497 e. The van der Waals surface area contributed by atoms with Gasteiger partial charge in [-0.3, -0.25) is 24.6 Å². The number of fused-ring (bicyclic) bond motifs is 1. The molecule has 45 heavy (non-hydrogen) atoms. The van der Waals surface area contributed by atoms with Crippen LogP contribution in [0.3, 0.4) is 0 Å². The molecular formula is C30H31ClN4O9S. The Labute approximate surface area is 264 Å². The van der Waals surface area contributed by atoms with Crippen molar-refractivity contribution in [3.8, 4) is 11.5 Å². The maximum atomic E-state index is 15.2. The minimum atomic E-state index is -5.00. The summed E-state index contributed by atoms with van der Waals surface area (Å²) >= 11 is 6.50. The van der Waals surface area contributed by atoms with E-state index in [0.717, 1.165) is 12.1 Å². The number of halogens is 1. The average Bonchev–Trinajstić information content (AvgIpc) is 3.50. The number of rotatable bonds is 8. The first-order valence-electron chi connectivity index (χ1n) is 13.7. The first kappa shape index (κ1) is 32.2. The van der Waals surface area contributed by atoms with E-state index in [2.05, 4.69) is 0 Å². The minimum absolute atomic E-state index is 0.0375. The van der Waals surface area contributed by atoms with E-state index >= 15 is 4.79 Å². The van der Waals surface area contributed by atoms with Crippen LogP contribution in [0.25, 0.3) is 0 Å². The zero-order chi connectivity index (χ0) is 33.0. The lowest BCUT2D eigenvalue weighted by Gasteiger charge is -2.42. The SMILES string of the molecule is COc1ccc(S(=O)(=O)N2C(=O)C(c3cc(C)ccc3OC)(N3C[C@H](O)C[C@H]3C(=O)N(C)C)c3cc(Cl)ccc32)c([N+](=O)[O-])c1. The monoisotopic (exact) mass is 658 g/mol. The molecule has 0 spiro atoms. The van der Waals surface area contributed by atoms with Crippen molar-refractivity contribution < 1.29 is 37.5 Å². The van der Waals surface area contributed by atoms with Crippen LogP contribution >= 0.6 is 11.6 Å². The van der Waals surface area contributed by atoms with Gasteiger partial charge in [0.2, 0.25) is 5.91 Å². The van der Waals surface area contributed by atoms with E-state index in [1.165, 1.54) is 62.4 Å². The molecule has 0 aromatic heterocycles. The van der Waals surface area contributed by atoms with Crippen LogP contribution < -0.4 is 13.8 Å². The molecule has 3 aromatic rings. The Balaban J connectivity index is 1.90. The van der Waals surface area contributed by atoms with Crippen molar-refractivity contribution in [1.29, 1.82) is 0 Å². The third-order valence-electron chi connectivity index (χ3n) is 8.12. The zero-order valence-electron chi connectivity index (χ0n) is 25.1. The van der Waals surface area contributed by atoms with Crippen LogP contribution in [0.1, 0.15) is 23.1 Å². The van der Waals surface area contributed by atoms with Gasteiger partial charge in [0, 0.05) is 36.8 Å². The van der Waals surface area contributed by atoms with Crippen molar-refractivity contribution in [3.05, 3.63) is 86.4 Å². The highest BCUT2D eigenvalue weighted by Gasteiger charge is 2.64. The van der Waals surface area contributed by atoms with Crippen molar-refractivity contribution in [2.75, 3.05) is 39.2 Å². The fraction of sp³-hybridized carbons (Fsp3) is 0.333. The molecular weight excluding hydrogens is 628 g/mol. The second-order valence-electron chi connectivity index (χ2n) is 11.0. The summed E-state index contributed by atoms with van der Waals surface area (Å²) in [6.45, 7) is 1.57. The molecule has 2 aliphatic heterocycles. The number of nitro groups is 1. The van der Waals surface area contributed by atoms with Crippen LogP contribution in [0.4, 0.5) is 11.4 Å². The predicted octanol–water partition coefficient (Wildman–Crippen LogP) is 3.08. The van der Waals surface area contributed by atoms with Gasteiger partial charge in [0.1, 0.15) is 11.5 Å². The van der Waals surface area contributed by atoms with Crippen molar-refractivity contribution in [1.82, 2.24) is 9.80 Å². The number of hydrogen-bond acceptors (Lipinski definition) is 10. The van der Waals surface area contributed by atoms with Gasteiger partial charge in [-0.15, -0.1) is 0 Å². The Morgan fingerprint density at radius 2 is 1.80 bits per heavy atom. The number of hydrogen-bond donors (Lipinski definition) is 1. The van der Waals surface area contributed by atoms with Crippen LogP contribution in [0.5, 0.6) is 11.5 Å². The van der Waals surface area contributed by atoms with E-state index in [1.54, 1.807) is 25.1 Å². The van der Waals surface area contributed by atoms with Gasteiger partial charge in [0.25, 0.3) is 21.6 Å². The Kier molecular flexibility index (Phi) is 8.29. The number of aryl methyl sites for hydroxylation is 1. The van der Waals surface area contributed by atoms with Crippen LogP contribution in [-0.4, -0.2) is 87.1 Å². The molecule has 5 rings (SSSR count). The second kappa shape index (κ2) is 11.6. The molecule has 1 saturated heterocycles. The molecule has 3 atom stereocenters. The summed E-state index contributed by atoms with van der Waals surface area (Å²) in [4.78, 5) is 42.1. The normalized spacial score (nSPS) is 21.5. The highest BCUT2D eigenvalue weighted by molar-refractivity contribution is 7.93. The van der Waals surface area contributed by atoms with Gasteiger partial charge >= 0.3 is 0 Å². The summed E-state index contributed by atoms with van der Waals surface area (Å²) in [6.07, 6.45) is -1.11. The molecule has 1 fully saturated rings. The van der Waals surface area contributed by atoms with Gasteiger partial charge in [-0.25, -0.2) is 12.7 Å². The highest BCUT2D eigenvalue weighted by atomic mass is 35.5. The van der Waals surface area contributed by atoms with Crippen molar-refractivity contribution in [2.45, 2.75) is 35.9 Å². The number of benzene rings is 3. The number of likely N-dealkylation sites (N-methyl/N-ethyl adjacent to an activating group) is 1. The summed E-state index contributed by atoms with van der Waals surface area (Å²) in [5.41, 5.74) is -2.04. The number of nitro benzene ring substituents is 1. The first-order chi connectivity index (χ1) is 21.2. The van der Waals surface area contributed by atoms with E-state index in [1.807, 2.05) is 0 Å². The second-order valence-corrected chi connectivity index (χ2v) is 13.2. The number of aliphatic hydroxyl groups is 1. The lowest BCUT2D eigenvalue weighted by Crippen LogP contribution is -2.59. The molecule has 0 aliphatic carbocycles. The van der Waals surface area contributed by atoms with E-state index in [4.69, 9.17) is 21.1 Å². The molecule has 13 nitrogen and oxygen atoms in total. The van der Waals surface area contributed by atoms with Gasteiger partial charge in [0.05, 0.1) is 43.0 Å². The number of nitrogens with zero attached hydrogens (tertiary/aromatic N) is 4. The Morgan fingerprint density at radius 3 is 2.42 bits per heavy atom. The quantitative estimate of drug-likeness (QED) is 0.281. The van der Waals surface area contributed by atoms with Gasteiger partial charge in [-0.05, 0) is 55.8 Å². The molecule has 2 heterocycles. The fourth-order valence-electron chi connectivity index (χ4n) is 6.18. The number of likely N-dealkylation sites (tertiary alicyclic amines) is 1. The van der Waals surface area contributed by atoms with E-state index in [9.17, 15) is 28.4 Å². The summed E-state index contributed by atoms with van der Waals surface area (Å²) < 4.78 is 40.3. The fourth-order valence-corrected chi connectivity index (χ4v) is 7.96. The van der Waals surface area contributed by atoms with E-state index < -0.39 is 55.0 Å². The predicted molar refractivity (Wildman–Crippen MR) is 164 cm³/mol. The number of carbonyl (C=O) groups excluding carboxylic acids is 2. The molecule has 238 valence electrons. The summed E-state index contributed by atoms with van der Waals surface area (Å²) in [5, 5.41) is 23.2. The third kappa shape index (κ3) is 4.97. The van der Waals surface area contributed by atoms with Crippen LogP contribution in [0, 0.1) is 17.0 Å². The maximum Gasteiger partial charge on any atom is 0.293 e. The molecule has 0 bridgehead atoms. The number of amides is 2. The van der Waals surface area contributed by atoms with Gasteiger partial charge in [0.15, 0.2) is 10.4 Å². The maximum absolute atomic E-state index is 15.2. The number of aliphatic hydroxyl groups excluding tert-OH is 1. The smallest absolute Gasteiger partial charge is 0.293 e. The van der Waals surface area contributed by atoms with Crippen molar-refractivity contribution >= 4 is 44.8 Å². The average molecular weight is 659 g/mol. The number of β-amino-alcohol motifs (C(OH)–C–C–N with tert-alkyl or cyclic N) is 1. The molecule has 1 unspecified atom stereocenters. The molecule has 1 N–H and O–H groups in total. The number of methoxy groups -OCH3 is 2. The zero-order valence-corrected chi connectivity index (χ0v) is 26.6. The molecule has 0 radical (unpaired) electrons. The lowest BCUT2D eigenvalue weighted by molar-refractivity contribution is -0.387. The molecule has 15 heteroatoms. The van der Waals surface area contributed by atoms with Crippen molar-refractivity contribution in [2.24, 2.45) is 0 Å². The number of sulfonamides is 1. The Hall–Kier alpha value is -4.24. The van der Waals surface area contributed by atoms with Crippen LogP contribution in [0.15, 0.2) is 59.5 Å². The van der Waals surface area contributed by atoms with E-state index in [-0.39, 0.29) is 46.3 Å². The first-order valence-corrected chi connectivity index (χ1v) is 15.5. The summed E-state index contributed by atoms with van der Waals surface area (Å²) in [6, 6.07) is 11.3. The summed E-state index contributed by atoms with van der Waals surface area (Å²) in [7, 11) is 0.725. The number of carbonyl (C=O) groups is 2. The standard InChI is InChI=1S/C30H31ClN4O9S/c1-17-6-10-26(44-5)22(12-17)30(33-16-19(36)14-25(33)28(37)32(2)3)21-13-18(31)7-9-23(21)34(29(30)38)45(41,42)27-11-8-20(43-4)15-24(27)35(39)40/h6-13,15,19,25,36H,14,16H2,1-5H3/t19-,25+,30?/m1/s1.